The van der Waals surface area contributed by atoms with Crippen molar-refractivity contribution in [3.63, 3.8) is 0 Å². The normalized spacial score (nSPS) is 11.0. The van der Waals surface area contributed by atoms with Crippen LogP contribution in [0.5, 0.6) is 11.5 Å². The lowest BCUT2D eigenvalue weighted by molar-refractivity contribution is -0.320. The van der Waals surface area contributed by atoms with Gasteiger partial charge in [0.05, 0.1) is 13.1 Å². The molecule has 33 heavy (non-hydrogen) atoms. The van der Waals surface area contributed by atoms with E-state index in [-0.39, 0.29) is 6.03 Å². The zero-order chi connectivity index (χ0) is 24.3. The highest BCUT2D eigenvalue weighted by Crippen LogP contribution is 2.21. The number of urea groups is 1. The number of unbranched alkanes of at least 4 members (excludes halogenated alkanes) is 4. The summed E-state index contributed by atoms with van der Waals surface area (Å²) in [5.41, 5.74) is 0.196. The maximum Gasteiger partial charge on any atom is 0.322 e. The van der Waals surface area contributed by atoms with Crippen LogP contribution in [0.15, 0.2) is 48.5 Å². The Hall–Kier alpha value is -3.22. The predicted molar refractivity (Wildman–Crippen MR) is 127 cm³/mol. The van der Waals surface area contributed by atoms with Crippen molar-refractivity contribution in [2.24, 2.45) is 0 Å². The van der Waals surface area contributed by atoms with E-state index in [1.54, 1.807) is 48.4 Å². The van der Waals surface area contributed by atoms with E-state index in [2.05, 4.69) is 12.2 Å². The number of hydrogen-bond acceptors (Lipinski definition) is 5. The van der Waals surface area contributed by atoms with Crippen LogP contribution in [0.4, 0.5) is 10.5 Å². The smallest absolute Gasteiger partial charge is 0.322 e. The molecular weight excluding hydrogens is 420 g/mol. The molecule has 0 atom stereocenters. The number of rotatable bonds is 13. The summed E-state index contributed by atoms with van der Waals surface area (Å²) in [6, 6.07) is 14.1. The number of nitrogens with zero attached hydrogens (tertiary/aromatic N) is 1. The van der Waals surface area contributed by atoms with Gasteiger partial charge in [0, 0.05) is 18.8 Å². The highest BCUT2D eigenvalue weighted by molar-refractivity contribution is 5.89. The highest BCUT2D eigenvalue weighted by Gasteiger charge is 2.21. The van der Waals surface area contributed by atoms with Crippen LogP contribution >= 0.6 is 0 Å². The number of carboxylic acid groups (broad SMARTS) is 1. The predicted octanol–water partition coefficient (Wildman–Crippen LogP) is 4.61. The Morgan fingerprint density at radius 3 is 2.12 bits per heavy atom. The summed E-state index contributed by atoms with van der Waals surface area (Å²) >= 11 is 0. The molecule has 0 saturated carbocycles. The van der Waals surface area contributed by atoms with Crippen LogP contribution < -0.4 is 19.9 Å². The molecule has 0 unspecified atom stereocenters. The highest BCUT2D eigenvalue weighted by atomic mass is 16.5. The van der Waals surface area contributed by atoms with Crippen molar-refractivity contribution in [1.29, 1.82) is 0 Å². The fraction of sp³-hybridized carbons (Fsp3) is 0.462. The van der Waals surface area contributed by atoms with Crippen LogP contribution in [-0.2, 0) is 11.3 Å². The Morgan fingerprint density at radius 2 is 1.55 bits per heavy atom. The zero-order valence-electron chi connectivity index (χ0n) is 20.1. The maximum absolute atomic E-state index is 13.0. The number of benzene rings is 2. The topological polar surface area (TPSA) is 90.9 Å². The molecule has 7 nitrogen and oxygen atoms in total. The number of carboxylic acids is 1. The molecule has 180 valence electrons. The van der Waals surface area contributed by atoms with Crippen LogP contribution in [0.1, 0.15) is 58.4 Å². The summed E-state index contributed by atoms with van der Waals surface area (Å²) < 4.78 is 10.7. The molecule has 2 aromatic rings. The molecule has 2 rings (SSSR count). The average Bonchev–Trinajstić information content (AvgIpc) is 2.79. The third kappa shape index (κ3) is 8.67. The maximum atomic E-state index is 13.0. The first-order chi connectivity index (χ1) is 15.7. The van der Waals surface area contributed by atoms with Gasteiger partial charge in [0.15, 0.2) is 0 Å². The summed E-state index contributed by atoms with van der Waals surface area (Å²) in [5, 5.41) is 14.1. The van der Waals surface area contributed by atoms with Crippen molar-refractivity contribution in [3.05, 3.63) is 54.1 Å². The van der Waals surface area contributed by atoms with Crippen molar-refractivity contribution in [1.82, 2.24) is 4.90 Å². The molecule has 0 heterocycles. The molecule has 0 radical (unpaired) electrons. The molecule has 0 spiro atoms. The lowest BCUT2D eigenvalue weighted by Crippen LogP contribution is -2.47. The van der Waals surface area contributed by atoms with Crippen molar-refractivity contribution >= 4 is 17.7 Å². The minimum Gasteiger partial charge on any atom is -0.546 e. The molecule has 7 heteroatoms. The largest absolute Gasteiger partial charge is 0.546 e. The van der Waals surface area contributed by atoms with Crippen LogP contribution in [-0.4, -0.2) is 36.2 Å². The minimum absolute atomic E-state index is 0.172. The van der Waals surface area contributed by atoms with E-state index in [0.717, 1.165) is 30.6 Å². The Bertz CT molecular complexity index is 879. The average molecular weight is 456 g/mol. The van der Waals surface area contributed by atoms with E-state index in [4.69, 9.17) is 9.47 Å². The lowest BCUT2D eigenvalue weighted by atomic mass is 10.1. The number of carbonyl (C=O) groups is 2. The van der Waals surface area contributed by atoms with Crippen LogP contribution in [0.3, 0.4) is 0 Å². The number of aliphatic carboxylic acids is 1. The van der Waals surface area contributed by atoms with E-state index in [0.29, 0.717) is 24.5 Å². The minimum atomic E-state index is -1.43. The van der Waals surface area contributed by atoms with Gasteiger partial charge in [-0.1, -0.05) is 44.7 Å². The van der Waals surface area contributed by atoms with Gasteiger partial charge in [0.2, 0.25) is 0 Å². The number of carbonyl (C=O) groups excluding carboxylic acids is 2. The Kier molecular flexibility index (Phi) is 10.0. The summed E-state index contributed by atoms with van der Waals surface area (Å²) in [4.78, 5) is 26.0. The standard InChI is InChI=1S/C26H36N2O5/c1-5-6-7-8-9-18-28(25(31)27-21-12-16-22(32-4)17-13-21)19-20-10-14-23(15-11-20)33-26(2,3)24(29)30/h10-17H,5-9,18-19H2,1-4H3,(H,27,31)(H,29,30)/p-1. The summed E-state index contributed by atoms with van der Waals surface area (Å²) in [7, 11) is 1.60. The summed E-state index contributed by atoms with van der Waals surface area (Å²) in [6.45, 7) is 6.14. The first-order valence-electron chi connectivity index (χ1n) is 11.4. The zero-order valence-corrected chi connectivity index (χ0v) is 20.1. The van der Waals surface area contributed by atoms with Crippen LogP contribution in [0, 0.1) is 0 Å². The SMILES string of the molecule is CCCCCCCN(Cc1ccc(OC(C)(C)C(=O)[O-])cc1)C(=O)Nc1ccc(OC)cc1. The molecule has 0 aliphatic carbocycles. The molecule has 0 fully saturated rings. The van der Waals surface area contributed by atoms with Crippen molar-refractivity contribution in [2.45, 2.75) is 65.0 Å². The fourth-order valence-corrected chi connectivity index (χ4v) is 3.26. The molecule has 2 amide bonds. The quantitative estimate of drug-likeness (QED) is 0.446. The van der Waals surface area contributed by atoms with E-state index in [9.17, 15) is 14.7 Å². The Morgan fingerprint density at radius 1 is 0.939 bits per heavy atom. The van der Waals surface area contributed by atoms with Crippen molar-refractivity contribution < 1.29 is 24.2 Å². The second kappa shape index (κ2) is 12.7. The van der Waals surface area contributed by atoms with Crippen LogP contribution in [0.2, 0.25) is 0 Å². The number of nitrogens with one attached hydrogen (secondary N) is 1. The van der Waals surface area contributed by atoms with Gasteiger partial charge < -0.3 is 29.6 Å². The first kappa shape index (κ1) is 26.0. The molecule has 0 saturated heterocycles. The van der Waals surface area contributed by atoms with Gasteiger partial charge in [-0.05, 0) is 62.2 Å². The number of hydrogen-bond donors (Lipinski definition) is 1. The first-order valence-corrected chi connectivity index (χ1v) is 11.4. The lowest BCUT2D eigenvalue weighted by Gasteiger charge is -2.27. The third-order valence-corrected chi connectivity index (χ3v) is 5.32. The molecular formula is C26H35N2O5-. The van der Waals surface area contributed by atoms with Gasteiger partial charge in [-0.25, -0.2) is 4.79 Å². The van der Waals surface area contributed by atoms with E-state index in [1.807, 2.05) is 12.1 Å². The van der Waals surface area contributed by atoms with Gasteiger partial charge in [0.1, 0.15) is 17.1 Å². The van der Waals surface area contributed by atoms with E-state index >= 15 is 0 Å². The van der Waals surface area contributed by atoms with Gasteiger partial charge >= 0.3 is 6.03 Å². The number of methoxy groups -OCH3 is 1. The monoisotopic (exact) mass is 455 g/mol. The number of ether oxygens (including phenoxy) is 2. The van der Waals surface area contributed by atoms with Gasteiger partial charge in [0.25, 0.3) is 0 Å². The number of anilines is 1. The van der Waals surface area contributed by atoms with Crippen LogP contribution in [0.25, 0.3) is 0 Å². The molecule has 0 bridgehead atoms. The van der Waals surface area contributed by atoms with Gasteiger partial charge in [-0.2, -0.15) is 0 Å². The molecule has 0 aromatic heterocycles. The third-order valence-electron chi connectivity index (χ3n) is 5.32. The van der Waals surface area contributed by atoms with E-state index < -0.39 is 11.6 Å². The molecule has 0 aliphatic rings. The summed E-state index contributed by atoms with van der Waals surface area (Å²) in [6.07, 6.45) is 5.53. The van der Waals surface area contributed by atoms with Gasteiger partial charge in [-0.15, -0.1) is 0 Å². The van der Waals surface area contributed by atoms with Crippen molar-refractivity contribution in [2.75, 3.05) is 19.0 Å². The van der Waals surface area contributed by atoms with Crippen molar-refractivity contribution in [3.8, 4) is 11.5 Å². The fourth-order valence-electron chi connectivity index (χ4n) is 3.26. The second-order valence-corrected chi connectivity index (χ2v) is 8.54. The summed E-state index contributed by atoms with van der Waals surface area (Å²) in [5.74, 6) is -0.122. The Labute approximate surface area is 196 Å². The Balaban J connectivity index is 2.05. The molecule has 1 N–H and O–H groups in total. The molecule has 2 aromatic carbocycles. The van der Waals surface area contributed by atoms with E-state index in [1.165, 1.54) is 26.7 Å². The number of amides is 2. The molecule has 0 aliphatic heterocycles. The second-order valence-electron chi connectivity index (χ2n) is 8.54. The van der Waals surface area contributed by atoms with Gasteiger partial charge in [-0.3, -0.25) is 0 Å².